The van der Waals surface area contributed by atoms with Gasteiger partial charge in [-0.15, -0.1) is 0 Å². The van der Waals surface area contributed by atoms with Gasteiger partial charge in [0.2, 0.25) is 0 Å². The molecule has 0 bridgehead atoms. The summed E-state index contributed by atoms with van der Waals surface area (Å²) in [6.07, 6.45) is 1.52. The lowest BCUT2D eigenvalue weighted by Gasteiger charge is -2.04. The van der Waals surface area contributed by atoms with Crippen LogP contribution in [0.5, 0.6) is 5.75 Å². The number of benzene rings is 1. The molecule has 2 aromatic rings. The normalized spacial score (nSPS) is 10.2. The lowest BCUT2D eigenvalue weighted by Crippen LogP contribution is -1.93. The Bertz CT molecular complexity index is 484. The topological polar surface area (TPSA) is 50.4 Å². The Morgan fingerprint density at radius 1 is 1.27 bits per heavy atom. The first-order chi connectivity index (χ1) is 7.20. The predicted molar refractivity (Wildman–Crippen MR) is 55.8 cm³/mol. The standard InChI is InChI=1S/C12H10O3/c1-8(13)9-4-2-5-10(12(9)14)11-6-3-7-15-11/h2-7,14H,1H3. The summed E-state index contributed by atoms with van der Waals surface area (Å²) in [6, 6.07) is 8.48. The van der Waals surface area contributed by atoms with Crippen LogP contribution in [0.3, 0.4) is 0 Å². The predicted octanol–water partition coefficient (Wildman–Crippen LogP) is 2.85. The van der Waals surface area contributed by atoms with Gasteiger partial charge in [-0.3, -0.25) is 4.79 Å². The number of hydrogen-bond donors (Lipinski definition) is 1. The molecule has 1 aromatic heterocycles. The number of hydrogen-bond acceptors (Lipinski definition) is 3. The van der Waals surface area contributed by atoms with Crippen molar-refractivity contribution in [3.63, 3.8) is 0 Å². The average Bonchev–Trinajstić information content (AvgIpc) is 2.70. The summed E-state index contributed by atoms with van der Waals surface area (Å²) in [7, 11) is 0. The van der Waals surface area contributed by atoms with Gasteiger partial charge < -0.3 is 9.52 Å². The maximum Gasteiger partial charge on any atom is 0.163 e. The number of ketones is 1. The first-order valence-corrected chi connectivity index (χ1v) is 4.57. The van der Waals surface area contributed by atoms with Crippen molar-refractivity contribution in [2.45, 2.75) is 6.92 Å². The fraction of sp³-hybridized carbons (Fsp3) is 0.0833. The Labute approximate surface area is 87.0 Å². The van der Waals surface area contributed by atoms with Gasteiger partial charge in [0.1, 0.15) is 11.5 Å². The van der Waals surface area contributed by atoms with E-state index in [0.29, 0.717) is 16.9 Å². The molecule has 0 aliphatic rings. The second-order valence-corrected chi connectivity index (χ2v) is 3.24. The molecule has 1 heterocycles. The van der Waals surface area contributed by atoms with Crippen LogP contribution in [0.2, 0.25) is 0 Å². The molecule has 76 valence electrons. The minimum absolute atomic E-state index is 0.0278. The van der Waals surface area contributed by atoms with Gasteiger partial charge >= 0.3 is 0 Å². The van der Waals surface area contributed by atoms with E-state index >= 15 is 0 Å². The van der Waals surface area contributed by atoms with Crippen LogP contribution in [0.4, 0.5) is 0 Å². The van der Waals surface area contributed by atoms with E-state index in [-0.39, 0.29) is 11.5 Å². The molecule has 1 aromatic carbocycles. The number of para-hydroxylation sites is 1. The van der Waals surface area contributed by atoms with Crippen molar-refractivity contribution in [3.8, 4) is 17.1 Å². The van der Waals surface area contributed by atoms with Gasteiger partial charge in [0.25, 0.3) is 0 Å². The third kappa shape index (κ3) is 1.64. The van der Waals surface area contributed by atoms with Crippen molar-refractivity contribution in [2.75, 3.05) is 0 Å². The van der Waals surface area contributed by atoms with Crippen LogP contribution in [-0.4, -0.2) is 10.9 Å². The summed E-state index contributed by atoms with van der Waals surface area (Å²) in [6.45, 7) is 1.42. The molecule has 0 fully saturated rings. The van der Waals surface area contributed by atoms with E-state index in [2.05, 4.69) is 0 Å². The maximum atomic E-state index is 11.2. The van der Waals surface area contributed by atoms with Crippen molar-refractivity contribution < 1.29 is 14.3 Å². The van der Waals surface area contributed by atoms with Gasteiger partial charge in [0.15, 0.2) is 5.78 Å². The second-order valence-electron chi connectivity index (χ2n) is 3.24. The molecule has 15 heavy (non-hydrogen) atoms. The van der Waals surface area contributed by atoms with Crippen molar-refractivity contribution >= 4 is 5.78 Å². The number of phenols is 1. The van der Waals surface area contributed by atoms with Crippen molar-refractivity contribution in [3.05, 3.63) is 42.2 Å². The second kappa shape index (κ2) is 3.61. The molecule has 3 nitrogen and oxygen atoms in total. The van der Waals surface area contributed by atoms with E-state index in [0.717, 1.165) is 0 Å². The highest BCUT2D eigenvalue weighted by molar-refractivity contribution is 5.98. The van der Waals surface area contributed by atoms with Crippen LogP contribution in [0.15, 0.2) is 41.0 Å². The summed E-state index contributed by atoms with van der Waals surface area (Å²) in [5.74, 6) is 0.358. The molecule has 0 spiro atoms. The monoisotopic (exact) mass is 202 g/mol. The molecule has 0 radical (unpaired) electrons. The number of carbonyl (C=O) groups excluding carboxylic acids is 1. The Hall–Kier alpha value is -2.03. The number of furan rings is 1. The summed E-state index contributed by atoms with van der Waals surface area (Å²) >= 11 is 0. The summed E-state index contributed by atoms with van der Waals surface area (Å²) in [5.41, 5.74) is 0.844. The highest BCUT2D eigenvalue weighted by Crippen LogP contribution is 2.32. The number of phenolic OH excluding ortho intramolecular Hbond substituents is 1. The molecule has 3 heteroatoms. The molecule has 0 amide bonds. The third-order valence-corrected chi connectivity index (χ3v) is 2.20. The summed E-state index contributed by atoms with van der Waals surface area (Å²) in [5, 5.41) is 9.85. The molecule has 1 N–H and O–H groups in total. The van der Waals surface area contributed by atoms with E-state index in [1.54, 1.807) is 30.3 Å². The minimum atomic E-state index is -0.166. The van der Waals surface area contributed by atoms with Crippen molar-refractivity contribution in [2.24, 2.45) is 0 Å². The molecule has 0 unspecified atom stereocenters. The third-order valence-electron chi connectivity index (χ3n) is 2.20. The van der Waals surface area contributed by atoms with Crippen molar-refractivity contribution in [1.82, 2.24) is 0 Å². The average molecular weight is 202 g/mol. The molecule has 0 aliphatic carbocycles. The van der Waals surface area contributed by atoms with Crippen LogP contribution in [-0.2, 0) is 0 Å². The van der Waals surface area contributed by atoms with E-state index in [4.69, 9.17) is 4.42 Å². The highest BCUT2D eigenvalue weighted by atomic mass is 16.3. The van der Waals surface area contributed by atoms with Crippen LogP contribution in [0.25, 0.3) is 11.3 Å². The van der Waals surface area contributed by atoms with E-state index in [1.807, 2.05) is 0 Å². The van der Waals surface area contributed by atoms with E-state index in [9.17, 15) is 9.90 Å². The molecular formula is C12H10O3. The number of aromatic hydroxyl groups is 1. The van der Waals surface area contributed by atoms with Gasteiger partial charge in [-0.25, -0.2) is 0 Å². The summed E-state index contributed by atoms with van der Waals surface area (Å²) < 4.78 is 5.16. The molecule has 0 aliphatic heterocycles. The quantitative estimate of drug-likeness (QED) is 0.762. The molecular weight excluding hydrogens is 192 g/mol. The highest BCUT2D eigenvalue weighted by Gasteiger charge is 2.13. The largest absolute Gasteiger partial charge is 0.506 e. The smallest absolute Gasteiger partial charge is 0.163 e. The zero-order chi connectivity index (χ0) is 10.8. The first kappa shape index (κ1) is 9.52. The SMILES string of the molecule is CC(=O)c1cccc(-c2ccco2)c1O. The van der Waals surface area contributed by atoms with Gasteiger partial charge in [0, 0.05) is 0 Å². The lowest BCUT2D eigenvalue weighted by molar-refractivity contribution is 0.101. The molecule has 0 atom stereocenters. The van der Waals surface area contributed by atoms with Crippen LogP contribution in [0, 0.1) is 0 Å². The molecule has 0 saturated carbocycles. The van der Waals surface area contributed by atoms with Gasteiger partial charge in [-0.2, -0.15) is 0 Å². The van der Waals surface area contributed by atoms with Gasteiger partial charge in [-0.1, -0.05) is 6.07 Å². The van der Waals surface area contributed by atoms with Gasteiger partial charge in [-0.05, 0) is 31.2 Å². The van der Waals surface area contributed by atoms with Crippen LogP contribution < -0.4 is 0 Å². The number of Topliss-reactive ketones (excluding diaryl/α,β-unsaturated/α-hetero) is 1. The Kier molecular flexibility index (Phi) is 2.29. The van der Waals surface area contributed by atoms with Crippen LogP contribution in [0.1, 0.15) is 17.3 Å². The first-order valence-electron chi connectivity index (χ1n) is 4.57. The number of rotatable bonds is 2. The summed E-state index contributed by atoms with van der Waals surface area (Å²) in [4.78, 5) is 11.2. The van der Waals surface area contributed by atoms with Crippen LogP contribution >= 0.6 is 0 Å². The fourth-order valence-electron chi connectivity index (χ4n) is 1.46. The Balaban J connectivity index is 2.59. The van der Waals surface area contributed by atoms with E-state index in [1.165, 1.54) is 13.2 Å². The van der Waals surface area contributed by atoms with Gasteiger partial charge in [0.05, 0.1) is 17.4 Å². The maximum absolute atomic E-state index is 11.2. The molecule has 2 rings (SSSR count). The lowest BCUT2D eigenvalue weighted by atomic mass is 10.0. The van der Waals surface area contributed by atoms with Crippen molar-refractivity contribution in [1.29, 1.82) is 0 Å². The number of carbonyl (C=O) groups is 1. The molecule has 0 saturated heterocycles. The zero-order valence-electron chi connectivity index (χ0n) is 8.23. The minimum Gasteiger partial charge on any atom is -0.506 e. The van der Waals surface area contributed by atoms with E-state index < -0.39 is 0 Å². The fourth-order valence-corrected chi connectivity index (χ4v) is 1.46. The Morgan fingerprint density at radius 2 is 2.07 bits per heavy atom. The zero-order valence-corrected chi connectivity index (χ0v) is 8.23. The Morgan fingerprint density at radius 3 is 2.67 bits per heavy atom.